The number of likely N-dealkylation sites (tertiary alicyclic amines) is 1. The van der Waals surface area contributed by atoms with Crippen LogP contribution in [0.4, 0.5) is 5.69 Å². The van der Waals surface area contributed by atoms with Gasteiger partial charge in [-0.3, -0.25) is 14.5 Å². The molecule has 0 bridgehead atoms. The van der Waals surface area contributed by atoms with Crippen LogP contribution in [0.3, 0.4) is 0 Å². The zero-order chi connectivity index (χ0) is 17.5. The number of anilines is 1. The predicted octanol–water partition coefficient (Wildman–Crippen LogP) is 2.32. The minimum Gasteiger partial charge on any atom is -0.369 e. The molecule has 1 aliphatic heterocycles. The Morgan fingerprint density at radius 2 is 2.17 bits per heavy atom. The van der Waals surface area contributed by atoms with Gasteiger partial charge in [-0.25, -0.2) is 0 Å². The van der Waals surface area contributed by atoms with Crippen LogP contribution in [0.15, 0.2) is 24.3 Å². The molecule has 2 amide bonds. The van der Waals surface area contributed by atoms with Crippen molar-refractivity contribution in [2.24, 2.45) is 17.6 Å². The van der Waals surface area contributed by atoms with Crippen molar-refractivity contribution in [2.75, 3.05) is 30.4 Å². The SMILES string of the molecule is CSC[C@@H](C)C(=O)Nc1ccccc1CN1CCC[C@H](C(N)=O)C1. The monoisotopic (exact) mass is 349 g/mol. The average molecular weight is 350 g/mol. The van der Waals surface area contributed by atoms with Crippen molar-refractivity contribution < 1.29 is 9.59 Å². The molecule has 2 rings (SSSR count). The van der Waals surface area contributed by atoms with Crippen LogP contribution < -0.4 is 11.1 Å². The molecule has 0 spiro atoms. The van der Waals surface area contributed by atoms with Crippen LogP contribution in [0.1, 0.15) is 25.3 Å². The minimum atomic E-state index is -0.216. The lowest BCUT2D eigenvalue weighted by atomic mass is 9.97. The fourth-order valence-corrected chi connectivity index (χ4v) is 3.69. The summed E-state index contributed by atoms with van der Waals surface area (Å²) in [6, 6.07) is 7.88. The summed E-state index contributed by atoms with van der Waals surface area (Å²) < 4.78 is 0. The number of hydrogen-bond donors (Lipinski definition) is 2. The van der Waals surface area contributed by atoms with E-state index in [1.54, 1.807) is 11.8 Å². The summed E-state index contributed by atoms with van der Waals surface area (Å²) in [4.78, 5) is 26.0. The second kappa shape index (κ2) is 9.08. The Morgan fingerprint density at radius 3 is 2.88 bits per heavy atom. The normalized spacial score (nSPS) is 19.7. The first kappa shape index (κ1) is 18.8. The van der Waals surface area contributed by atoms with Crippen molar-refractivity contribution in [3.05, 3.63) is 29.8 Å². The van der Waals surface area contributed by atoms with Crippen LogP contribution in [-0.4, -0.2) is 41.8 Å². The Labute approximate surface area is 148 Å². The summed E-state index contributed by atoms with van der Waals surface area (Å²) in [5.41, 5.74) is 7.39. The van der Waals surface area contributed by atoms with E-state index in [-0.39, 0.29) is 23.7 Å². The summed E-state index contributed by atoms with van der Waals surface area (Å²) in [7, 11) is 0. The van der Waals surface area contributed by atoms with E-state index in [4.69, 9.17) is 5.73 Å². The number of para-hydroxylation sites is 1. The number of nitrogens with zero attached hydrogens (tertiary/aromatic N) is 1. The first-order valence-corrected chi connectivity index (χ1v) is 9.80. The van der Waals surface area contributed by atoms with Gasteiger partial charge in [0.1, 0.15) is 0 Å². The lowest BCUT2D eigenvalue weighted by Gasteiger charge is -2.31. The van der Waals surface area contributed by atoms with Gasteiger partial charge in [0.05, 0.1) is 5.92 Å². The number of piperidine rings is 1. The number of rotatable bonds is 7. The number of nitrogens with two attached hydrogens (primary N) is 1. The van der Waals surface area contributed by atoms with Crippen molar-refractivity contribution >= 4 is 29.3 Å². The Balaban J connectivity index is 2.03. The highest BCUT2D eigenvalue weighted by atomic mass is 32.2. The maximum Gasteiger partial charge on any atom is 0.228 e. The average Bonchev–Trinajstić information content (AvgIpc) is 2.57. The number of amides is 2. The number of hydrogen-bond acceptors (Lipinski definition) is 4. The van der Waals surface area contributed by atoms with Crippen LogP contribution in [0.2, 0.25) is 0 Å². The molecule has 0 unspecified atom stereocenters. The lowest BCUT2D eigenvalue weighted by molar-refractivity contribution is -0.123. The number of carbonyl (C=O) groups excluding carboxylic acids is 2. The fraction of sp³-hybridized carbons (Fsp3) is 0.556. The molecule has 1 aromatic carbocycles. The van der Waals surface area contributed by atoms with E-state index in [0.29, 0.717) is 6.54 Å². The van der Waals surface area contributed by atoms with E-state index in [0.717, 1.165) is 42.9 Å². The molecule has 5 nitrogen and oxygen atoms in total. The zero-order valence-electron chi connectivity index (χ0n) is 14.5. The van der Waals surface area contributed by atoms with Crippen molar-refractivity contribution in [1.29, 1.82) is 0 Å². The fourth-order valence-electron chi connectivity index (χ4n) is 3.03. The van der Waals surface area contributed by atoms with Gasteiger partial charge in [-0.1, -0.05) is 25.1 Å². The summed E-state index contributed by atoms with van der Waals surface area (Å²) in [6.45, 7) is 4.31. The topological polar surface area (TPSA) is 75.4 Å². The van der Waals surface area contributed by atoms with Gasteiger partial charge in [-0.05, 0) is 37.3 Å². The third-order valence-corrected chi connectivity index (χ3v) is 5.27. The molecule has 6 heteroatoms. The van der Waals surface area contributed by atoms with Gasteiger partial charge in [-0.15, -0.1) is 0 Å². The van der Waals surface area contributed by atoms with Crippen LogP contribution in [-0.2, 0) is 16.1 Å². The van der Waals surface area contributed by atoms with E-state index in [9.17, 15) is 9.59 Å². The number of carbonyl (C=O) groups is 2. The summed E-state index contributed by atoms with van der Waals surface area (Å²) in [6.07, 6.45) is 3.85. The zero-order valence-corrected chi connectivity index (χ0v) is 15.3. The molecule has 1 aromatic rings. The smallest absolute Gasteiger partial charge is 0.228 e. The second-order valence-electron chi connectivity index (χ2n) is 6.48. The quantitative estimate of drug-likeness (QED) is 0.792. The van der Waals surface area contributed by atoms with Crippen molar-refractivity contribution in [2.45, 2.75) is 26.3 Å². The summed E-state index contributed by atoms with van der Waals surface area (Å²) in [5.74, 6) is 0.544. The molecular formula is C18H27N3O2S. The number of benzene rings is 1. The van der Waals surface area contributed by atoms with E-state index in [2.05, 4.69) is 10.2 Å². The molecule has 1 heterocycles. The molecular weight excluding hydrogens is 322 g/mol. The summed E-state index contributed by atoms with van der Waals surface area (Å²) in [5, 5.41) is 3.05. The standard InChI is InChI=1S/C18H27N3O2S/c1-13(12-24-2)18(23)20-16-8-4-3-6-14(16)10-21-9-5-7-15(11-21)17(19)22/h3-4,6,8,13,15H,5,7,9-12H2,1-2H3,(H2,19,22)(H,20,23)/t13-,15+/m1/s1. The van der Waals surface area contributed by atoms with Gasteiger partial charge in [0.15, 0.2) is 0 Å². The Hall–Kier alpha value is -1.53. The lowest BCUT2D eigenvalue weighted by Crippen LogP contribution is -2.40. The predicted molar refractivity (Wildman–Crippen MR) is 99.8 cm³/mol. The Bertz CT molecular complexity index is 579. The van der Waals surface area contributed by atoms with Gasteiger partial charge >= 0.3 is 0 Å². The van der Waals surface area contributed by atoms with E-state index in [1.807, 2.05) is 37.4 Å². The molecule has 24 heavy (non-hydrogen) atoms. The third-order valence-electron chi connectivity index (χ3n) is 4.44. The number of thioether (sulfide) groups is 1. The highest BCUT2D eigenvalue weighted by Crippen LogP contribution is 2.22. The highest BCUT2D eigenvalue weighted by Gasteiger charge is 2.24. The molecule has 0 saturated carbocycles. The Morgan fingerprint density at radius 1 is 1.42 bits per heavy atom. The number of nitrogens with one attached hydrogen (secondary N) is 1. The van der Waals surface area contributed by atoms with Gasteiger partial charge in [-0.2, -0.15) is 11.8 Å². The third kappa shape index (κ3) is 5.24. The van der Waals surface area contributed by atoms with Crippen molar-refractivity contribution in [3.8, 4) is 0 Å². The summed E-state index contributed by atoms with van der Waals surface area (Å²) >= 11 is 1.67. The molecule has 1 fully saturated rings. The Kier molecular flexibility index (Phi) is 7.12. The van der Waals surface area contributed by atoms with Crippen molar-refractivity contribution in [1.82, 2.24) is 4.90 Å². The molecule has 1 aliphatic rings. The molecule has 3 N–H and O–H groups in total. The molecule has 0 aromatic heterocycles. The highest BCUT2D eigenvalue weighted by molar-refractivity contribution is 7.98. The van der Waals surface area contributed by atoms with Gasteiger partial charge in [0.25, 0.3) is 0 Å². The molecule has 2 atom stereocenters. The maximum absolute atomic E-state index is 12.3. The van der Waals surface area contributed by atoms with Crippen LogP contribution in [0.5, 0.6) is 0 Å². The first-order chi connectivity index (χ1) is 11.5. The van der Waals surface area contributed by atoms with Gasteiger partial charge < -0.3 is 11.1 Å². The van der Waals surface area contributed by atoms with E-state index in [1.165, 1.54) is 0 Å². The van der Waals surface area contributed by atoms with Crippen LogP contribution in [0, 0.1) is 11.8 Å². The second-order valence-corrected chi connectivity index (χ2v) is 7.39. The van der Waals surface area contributed by atoms with Crippen LogP contribution in [0.25, 0.3) is 0 Å². The number of primary amides is 1. The first-order valence-electron chi connectivity index (χ1n) is 8.40. The van der Waals surface area contributed by atoms with Gasteiger partial charge in [0, 0.05) is 30.4 Å². The molecule has 0 aliphatic carbocycles. The maximum atomic E-state index is 12.3. The minimum absolute atomic E-state index is 0.0257. The van der Waals surface area contributed by atoms with Crippen molar-refractivity contribution in [3.63, 3.8) is 0 Å². The van der Waals surface area contributed by atoms with E-state index < -0.39 is 0 Å². The molecule has 1 saturated heterocycles. The van der Waals surface area contributed by atoms with Gasteiger partial charge in [0.2, 0.25) is 11.8 Å². The van der Waals surface area contributed by atoms with Crippen LogP contribution >= 0.6 is 11.8 Å². The van der Waals surface area contributed by atoms with E-state index >= 15 is 0 Å². The largest absolute Gasteiger partial charge is 0.369 e. The molecule has 132 valence electrons. The molecule has 0 radical (unpaired) electrons.